The molecule has 0 bridgehead atoms. The van der Waals surface area contributed by atoms with E-state index in [4.69, 9.17) is 4.74 Å². The summed E-state index contributed by atoms with van der Waals surface area (Å²) >= 11 is 0. The van der Waals surface area contributed by atoms with Crippen LogP contribution in [0.5, 0.6) is 5.75 Å². The number of nitrogens with one attached hydrogen (secondary N) is 3. The molecule has 0 unspecified atom stereocenters. The van der Waals surface area contributed by atoms with Crippen LogP contribution in [0.3, 0.4) is 0 Å². The van der Waals surface area contributed by atoms with Crippen molar-refractivity contribution >= 4 is 27.7 Å². The molecule has 196 valence electrons. The highest BCUT2D eigenvalue weighted by Gasteiger charge is 2.26. The third kappa shape index (κ3) is 7.80. The number of rotatable bonds is 11. The van der Waals surface area contributed by atoms with Gasteiger partial charge in [-0.05, 0) is 46.9 Å². The number of benzene rings is 3. The van der Waals surface area contributed by atoms with Gasteiger partial charge in [0, 0.05) is 12.2 Å². The zero-order valence-electron chi connectivity index (χ0n) is 20.9. The highest BCUT2D eigenvalue weighted by atomic mass is 32.2. The van der Waals surface area contributed by atoms with E-state index in [1.165, 1.54) is 19.2 Å². The number of urea groups is 1. The molecule has 0 aliphatic heterocycles. The van der Waals surface area contributed by atoms with Gasteiger partial charge in [0.05, 0.1) is 19.6 Å². The van der Waals surface area contributed by atoms with Crippen LogP contribution in [0, 0.1) is 5.92 Å². The molecule has 0 radical (unpaired) electrons. The number of anilines is 1. The molecular weight excluding hydrogens is 494 g/mol. The van der Waals surface area contributed by atoms with Crippen molar-refractivity contribution in [3.63, 3.8) is 0 Å². The Morgan fingerprint density at radius 1 is 0.946 bits per heavy atom. The molecule has 3 aromatic rings. The second kappa shape index (κ2) is 12.4. The maximum atomic E-state index is 13.5. The number of carbonyl (C=O) groups is 2. The number of hydrogen-bond acceptors (Lipinski definition) is 5. The number of sulfonamides is 1. The lowest BCUT2D eigenvalue weighted by molar-refractivity contribution is -0.137. The first-order chi connectivity index (χ1) is 17.6. The number of methoxy groups -OCH3 is 1. The Morgan fingerprint density at radius 3 is 2.30 bits per heavy atom. The topological polar surface area (TPSA) is 134 Å². The fourth-order valence-electron chi connectivity index (χ4n) is 3.65. The first-order valence-electron chi connectivity index (χ1n) is 11.7. The molecular formula is C27H31N3O6S. The molecule has 4 N–H and O–H groups in total. The van der Waals surface area contributed by atoms with Gasteiger partial charge < -0.3 is 20.5 Å². The van der Waals surface area contributed by atoms with Crippen LogP contribution in [0.15, 0.2) is 77.7 Å². The van der Waals surface area contributed by atoms with Gasteiger partial charge in [0.2, 0.25) is 10.0 Å². The molecule has 0 heterocycles. The Labute approximate surface area is 216 Å². The summed E-state index contributed by atoms with van der Waals surface area (Å²) in [5.74, 6) is -0.720. The molecule has 1 atom stereocenters. The Balaban J connectivity index is 1.92. The van der Waals surface area contributed by atoms with E-state index in [1.54, 1.807) is 60.7 Å². The summed E-state index contributed by atoms with van der Waals surface area (Å²) in [4.78, 5) is 23.5. The van der Waals surface area contributed by atoms with Gasteiger partial charge in [-0.2, -0.15) is 0 Å². The van der Waals surface area contributed by atoms with Crippen molar-refractivity contribution in [3.05, 3.63) is 78.4 Å². The minimum Gasteiger partial charge on any atom is -0.495 e. The van der Waals surface area contributed by atoms with Crippen LogP contribution in [0.25, 0.3) is 11.1 Å². The van der Waals surface area contributed by atoms with E-state index in [1.807, 2.05) is 13.8 Å². The van der Waals surface area contributed by atoms with E-state index in [2.05, 4.69) is 15.4 Å². The van der Waals surface area contributed by atoms with Crippen molar-refractivity contribution in [2.24, 2.45) is 5.92 Å². The maximum absolute atomic E-state index is 13.5. The molecule has 2 amide bonds. The lowest BCUT2D eigenvalue weighted by Crippen LogP contribution is -2.31. The number of hydrogen-bond donors (Lipinski definition) is 4. The zero-order chi connectivity index (χ0) is 27.0. The molecule has 0 aliphatic carbocycles. The molecule has 3 aromatic carbocycles. The van der Waals surface area contributed by atoms with Crippen molar-refractivity contribution < 1.29 is 27.9 Å². The summed E-state index contributed by atoms with van der Waals surface area (Å²) in [6, 6.07) is 18.9. The highest BCUT2D eigenvalue weighted by molar-refractivity contribution is 7.89. The van der Waals surface area contributed by atoms with E-state index < -0.39 is 28.5 Å². The lowest BCUT2D eigenvalue weighted by Gasteiger charge is -2.19. The van der Waals surface area contributed by atoms with Crippen LogP contribution in [0.1, 0.15) is 31.9 Å². The van der Waals surface area contributed by atoms with Crippen molar-refractivity contribution in [1.82, 2.24) is 10.0 Å². The van der Waals surface area contributed by atoms with Crippen molar-refractivity contribution in [3.8, 4) is 16.9 Å². The van der Waals surface area contributed by atoms with Gasteiger partial charge in [-0.3, -0.25) is 4.79 Å². The number of carboxylic acid groups (broad SMARTS) is 1. The molecule has 0 spiro atoms. The largest absolute Gasteiger partial charge is 0.495 e. The SMILES string of the molecule is COc1ccc(-c2cccc(NC(=O)NCC(C)C)c2)cc1S(=O)(=O)N[C@H](CC(=O)O)c1ccccc1. The average molecular weight is 526 g/mol. The second-order valence-electron chi connectivity index (χ2n) is 8.86. The van der Waals surface area contributed by atoms with E-state index >= 15 is 0 Å². The van der Waals surface area contributed by atoms with Gasteiger partial charge in [0.15, 0.2) is 0 Å². The number of amides is 2. The molecule has 0 aliphatic rings. The normalized spacial score (nSPS) is 12.1. The average Bonchev–Trinajstić information content (AvgIpc) is 2.87. The summed E-state index contributed by atoms with van der Waals surface area (Å²) in [6.07, 6.45) is -0.433. The van der Waals surface area contributed by atoms with Crippen LogP contribution < -0.4 is 20.1 Å². The summed E-state index contributed by atoms with van der Waals surface area (Å²) < 4.78 is 34.7. The van der Waals surface area contributed by atoms with Crippen LogP contribution in [-0.4, -0.2) is 39.2 Å². The number of aliphatic carboxylic acids is 1. The quantitative estimate of drug-likeness (QED) is 0.288. The molecule has 3 rings (SSSR count). The van der Waals surface area contributed by atoms with E-state index in [0.29, 0.717) is 34.8 Å². The standard InChI is InChI=1S/C27H31N3O6S/c1-18(2)17-28-27(33)29-22-11-7-10-20(14-22)21-12-13-24(36-3)25(15-21)37(34,35)30-23(16-26(31)32)19-8-5-4-6-9-19/h4-15,18,23,30H,16-17H2,1-3H3,(H,31,32)(H2,28,29,33)/t23-/m1/s1. The molecule has 0 saturated carbocycles. The Kier molecular flexibility index (Phi) is 9.26. The molecule has 9 nitrogen and oxygen atoms in total. The van der Waals surface area contributed by atoms with Gasteiger partial charge in [0.25, 0.3) is 0 Å². The van der Waals surface area contributed by atoms with Gasteiger partial charge in [-0.15, -0.1) is 0 Å². The fourth-order valence-corrected chi connectivity index (χ4v) is 5.07. The van der Waals surface area contributed by atoms with Gasteiger partial charge >= 0.3 is 12.0 Å². The van der Waals surface area contributed by atoms with Gasteiger partial charge in [-0.25, -0.2) is 17.9 Å². The first kappa shape index (κ1) is 27.7. The summed E-state index contributed by atoms with van der Waals surface area (Å²) in [5, 5.41) is 14.9. The van der Waals surface area contributed by atoms with Crippen molar-refractivity contribution in [1.29, 1.82) is 0 Å². The van der Waals surface area contributed by atoms with Crippen molar-refractivity contribution in [2.75, 3.05) is 19.0 Å². The Morgan fingerprint density at radius 2 is 1.65 bits per heavy atom. The Bertz CT molecular complexity index is 1340. The summed E-state index contributed by atoms with van der Waals surface area (Å²) in [7, 11) is -2.83. The second-order valence-corrected chi connectivity index (χ2v) is 10.5. The van der Waals surface area contributed by atoms with E-state index in [-0.39, 0.29) is 16.7 Å². The third-order valence-electron chi connectivity index (χ3n) is 5.46. The molecule has 37 heavy (non-hydrogen) atoms. The monoisotopic (exact) mass is 525 g/mol. The minimum atomic E-state index is -4.19. The van der Waals surface area contributed by atoms with Crippen LogP contribution in [-0.2, 0) is 14.8 Å². The fraction of sp³-hybridized carbons (Fsp3) is 0.259. The van der Waals surface area contributed by atoms with Crippen LogP contribution in [0.2, 0.25) is 0 Å². The Hall–Kier alpha value is -3.89. The van der Waals surface area contributed by atoms with Crippen LogP contribution in [0.4, 0.5) is 10.5 Å². The molecule has 0 saturated heterocycles. The predicted octanol–water partition coefficient (Wildman–Crippen LogP) is 4.63. The number of carboxylic acids is 1. The minimum absolute atomic E-state index is 0.112. The van der Waals surface area contributed by atoms with Crippen LogP contribution >= 0.6 is 0 Å². The summed E-state index contributed by atoms with van der Waals surface area (Å²) in [6.45, 7) is 4.52. The lowest BCUT2D eigenvalue weighted by atomic mass is 10.0. The van der Waals surface area contributed by atoms with Gasteiger partial charge in [0.1, 0.15) is 10.6 Å². The molecule has 0 aromatic heterocycles. The van der Waals surface area contributed by atoms with Gasteiger partial charge in [-0.1, -0.05) is 62.4 Å². The smallest absolute Gasteiger partial charge is 0.319 e. The summed E-state index contributed by atoms with van der Waals surface area (Å²) in [5.41, 5.74) is 2.31. The molecule has 10 heteroatoms. The maximum Gasteiger partial charge on any atom is 0.319 e. The number of ether oxygens (including phenoxy) is 1. The predicted molar refractivity (Wildman–Crippen MR) is 142 cm³/mol. The molecule has 0 fully saturated rings. The zero-order valence-corrected chi connectivity index (χ0v) is 21.7. The highest BCUT2D eigenvalue weighted by Crippen LogP contribution is 2.32. The van der Waals surface area contributed by atoms with E-state index in [9.17, 15) is 23.1 Å². The number of carbonyl (C=O) groups excluding carboxylic acids is 1. The first-order valence-corrected chi connectivity index (χ1v) is 13.2. The van der Waals surface area contributed by atoms with E-state index in [0.717, 1.165) is 0 Å². The third-order valence-corrected chi connectivity index (χ3v) is 6.95. The van der Waals surface area contributed by atoms with Crippen molar-refractivity contribution in [2.45, 2.75) is 31.2 Å².